The van der Waals surface area contributed by atoms with Gasteiger partial charge in [-0.1, -0.05) is 71.1 Å². The zero-order valence-corrected chi connectivity index (χ0v) is 16.2. The highest BCUT2D eigenvalue weighted by molar-refractivity contribution is 7.47. The quantitative estimate of drug-likeness (QED) is 0.222. The zero-order chi connectivity index (χ0) is 18.1. The van der Waals surface area contributed by atoms with Crippen LogP contribution in [0.2, 0.25) is 0 Å². The molecule has 144 valence electrons. The van der Waals surface area contributed by atoms with E-state index in [1.54, 1.807) is 0 Å². The van der Waals surface area contributed by atoms with Crippen molar-refractivity contribution in [3.8, 4) is 0 Å². The Morgan fingerprint density at radius 1 is 0.875 bits per heavy atom. The molecule has 0 bridgehead atoms. The maximum atomic E-state index is 11.5. The molecular formula is C17H35O6P. The second-order valence-electron chi connectivity index (χ2n) is 5.99. The fourth-order valence-corrected chi connectivity index (χ4v) is 2.78. The fourth-order valence-electron chi connectivity index (χ4n) is 2.37. The van der Waals surface area contributed by atoms with Gasteiger partial charge < -0.3 is 9.63 Å². The maximum Gasteiger partial charge on any atom is 0.472 e. The van der Waals surface area contributed by atoms with Gasteiger partial charge in [-0.25, -0.2) is 4.57 Å². The first kappa shape index (κ1) is 23.6. The van der Waals surface area contributed by atoms with Gasteiger partial charge in [-0.2, -0.15) is 0 Å². The number of rotatable bonds is 17. The molecule has 0 heterocycles. The minimum absolute atomic E-state index is 0.0369. The molecule has 0 rings (SSSR count). The molecule has 1 N–H and O–H groups in total. The van der Waals surface area contributed by atoms with Gasteiger partial charge in [-0.05, 0) is 6.42 Å². The second kappa shape index (κ2) is 16.1. The molecule has 0 aliphatic heterocycles. The summed E-state index contributed by atoms with van der Waals surface area (Å²) in [6.07, 6.45) is 14.0. The lowest BCUT2D eigenvalue weighted by Crippen LogP contribution is -2.10. The van der Waals surface area contributed by atoms with E-state index in [4.69, 9.17) is 9.63 Å². The minimum atomic E-state index is -3.97. The van der Waals surface area contributed by atoms with Crippen LogP contribution >= 0.6 is 7.82 Å². The Morgan fingerprint density at radius 2 is 1.38 bits per heavy atom. The summed E-state index contributed by atoms with van der Waals surface area (Å²) in [4.78, 5) is 20.4. The molecule has 7 heteroatoms. The third kappa shape index (κ3) is 16.4. The molecule has 1 unspecified atom stereocenters. The Kier molecular flexibility index (Phi) is 15.8. The molecule has 0 saturated heterocycles. The predicted molar refractivity (Wildman–Crippen MR) is 94.8 cm³/mol. The van der Waals surface area contributed by atoms with Gasteiger partial charge in [-0.15, -0.1) is 0 Å². The van der Waals surface area contributed by atoms with Crippen molar-refractivity contribution in [1.82, 2.24) is 0 Å². The molecule has 6 nitrogen and oxygen atoms in total. The molecule has 0 radical (unpaired) electrons. The van der Waals surface area contributed by atoms with Crippen LogP contribution in [0.15, 0.2) is 0 Å². The lowest BCUT2D eigenvalue weighted by Gasteiger charge is -2.09. The minimum Gasteiger partial charge on any atom is -0.463 e. The highest BCUT2D eigenvalue weighted by Crippen LogP contribution is 2.41. The van der Waals surface area contributed by atoms with E-state index in [2.05, 4.69) is 16.0 Å². The summed E-state index contributed by atoms with van der Waals surface area (Å²) in [5.41, 5.74) is 0. The lowest BCUT2D eigenvalue weighted by molar-refractivity contribution is -0.144. The molecule has 24 heavy (non-hydrogen) atoms. The van der Waals surface area contributed by atoms with E-state index in [1.807, 2.05) is 0 Å². The van der Waals surface area contributed by atoms with Gasteiger partial charge in [0, 0.05) is 13.5 Å². The molecular weight excluding hydrogens is 331 g/mol. The van der Waals surface area contributed by atoms with Crippen molar-refractivity contribution >= 4 is 13.8 Å². The normalized spacial score (nSPS) is 13.6. The molecule has 0 spiro atoms. The van der Waals surface area contributed by atoms with Crippen LogP contribution in [0.3, 0.4) is 0 Å². The molecule has 0 saturated carbocycles. The van der Waals surface area contributed by atoms with Gasteiger partial charge in [0.05, 0.1) is 6.61 Å². The first-order chi connectivity index (χ1) is 11.5. The van der Waals surface area contributed by atoms with E-state index in [1.165, 1.54) is 51.4 Å². The first-order valence-corrected chi connectivity index (χ1v) is 10.7. The van der Waals surface area contributed by atoms with Gasteiger partial charge in [0.2, 0.25) is 0 Å². The smallest absolute Gasteiger partial charge is 0.463 e. The average Bonchev–Trinajstić information content (AvgIpc) is 2.56. The largest absolute Gasteiger partial charge is 0.472 e. The number of phosphoric acid groups is 1. The van der Waals surface area contributed by atoms with E-state index in [-0.39, 0.29) is 19.2 Å². The zero-order valence-electron chi connectivity index (χ0n) is 15.3. The van der Waals surface area contributed by atoms with Gasteiger partial charge in [0.1, 0.15) is 6.61 Å². The summed E-state index contributed by atoms with van der Waals surface area (Å²) < 4.78 is 24.7. The number of hydrogen-bond acceptors (Lipinski definition) is 5. The van der Waals surface area contributed by atoms with E-state index in [9.17, 15) is 9.36 Å². The van der Waals surface area contributed by atoms with E-state index in [0.717, 1.165) is 26.4 Å². The van der Waals surface area contributed by atoms with Crippen LogP contribution in [-0.4, -0.2) is 31.2 Å². The molecule has 0 aromatic heterocycles. The summed E-state index contributed by atoms with van der Waals surface area (Å²) in [6.45, 7) is 2.05. The highest BCUT2D eigenvalue weighted by atomic mass is 31.2. The topological polar surface area (TPSA) is 82.1 Å². The number of esters is 1. The van der Waals surface area contributed by atoms with Crippen LogP contribution in [-0.2, 0) is 23.1 Å². The standard InChI is InChI=1S/C17H35O6P/c1-3-4-5-6-7-8-9-10-11-12-13-14-17(18)22-15-16-23-24(19,20)21-2/h3-16H2,1-2H3,(H,19,20). The number of carbonyl (C=O) groups excluding carboxylic acids is 1. The third-order valence-corrected chi connectivity index (χ3v) is 4.79. The van der Waals surface area contributed by atoms with Crippen LogP contribution in [0.1, 0.15) is 84.0 Å². The number of unbranched alkanes of at least 4 members (excludes halogenated alkanes) is 10. The van der Waals surface area contributed by atoms with Crippen molar-refractivity contribution in [2.75, 3.05) is 20.3 Å². The van der Waals surface area contributed by atoms with Crippen LogP contribution in [0.4, 0.5) is 0 Å². The lowest BCUT2D eigenvalue weighted by atomic mass is 10.1. The first-order valence-electron chi connectivity index (χ1n) is 9.20. The van der Waals surface area contributed by atoms with Gasteiger partial charge in [-0.3, -0.25) is 13.8 Å². The highest BCUT2D eigenvalue weighted by Gasteiger charge is 2.17. The van der Waals surface area contributed by atoms with Crippen LogP contribution in [0, 0.1) is 0 Å². The Bertz CT molecular complexity index is 348. The van der Waals surface area contributed by atoms with E-state index >= 15 is 0 Å². The Morgan fingerprint density at radius 3 is 1.88 bits per heavy atom. The Balaban J connectivity index is 3.27. The van der Waals surface area contributed by atoms with E-state index in [0.29, 0.717) is 6.42 Å². The van der Waals surface area contributed by atoms with Crippen LogP contribution < -0.4 is 0 Å². The monoisotopic (exact) mass is 366 g/mol. The fraction of sp³-hybridized carbons (Fsp3) is 0.941. The van der Waals surface area contributed by atoms with Crippen molar-refractivity contribution in [2.45, 2.75) is 84.0 Å². The van der Waals surface area contributed by atoms with Crippen molar-refractivity contribution in [2.24, 2.45) is 0 Å². The second-order valence-corrected chi connectivity index (χ2v) is 7.55. The predicted octanol–water partition coefficient (Wildman–Crippen LogP) is 4.99. The SMILES string of the molecule is CCCCCCCCCCCCCC(=O)OCCOP(=O)(O)OC. The molecule has 0 aliphatic rings. The molecule has 0 aromatic rings. The van der Waals surface area contributed by atoms with Gasteiger partial charge in [0.15, 0.2) is 0 Å². The number of phosphoric ester groups is 1. The van der Waals surface area contributed by atoms with Gasteiger partial charge in [0.25, 0.3) is 0 Å². The number of hydrogen-bond donors (Lipinski definition) is 1. The van der Waals surface area contributed by atoms with E-state index < -0.39 is 7.82 Å². The molecule has 1 atom stereocenters. The molecule has 0 aliphatic carbocycles. The van der Waals surface area contributed by atoms with Gasteiger partial charge >= 0.3 is 13.8 Å². The van der Waals surface area contributed by atoms with Crippen molar-refractivity contribution in [3.05, 3.63) is 0 Å². The summed E-state index contributed by atoms with van der Waals surface area (Å²) in [5, 5.41) is 0. The third-order valence-electron chi connectivity index (χ3n) is 3.82. The van der Waals surface area contributed by atoms with Crippen molar-refractivity contribution in [3.63, 3.8) is 0 Å². The van der Waals surface area contributed by atoms with Crippen LogP contribution in [0.25, 0.3) is 0 Å². The van der Waals surface area contributed by atoms with Crippen molar-refractivity contribution in [1.29, 1.82) is 0 Å². The average molecular weight is 366 g/mol. The molecule has 0 fully saturated rings. The van der Waals surface area contributed by atoms with Crippen LogP contribution in [0.5, 0.6) is 0 Å². The number of carbonyl (C=O) groups is 1. The maximum absolute atomic E-state index is 11.5. The summed E-state index contributed by atoms with van der Waals surface area (Å²) in [7, 11) is -2.89. The molecule has 0 amide bonds. The summed E-state index contributed by atoms with van der Waals surface area (Å²) in [6, 6.07) is 0. The summed E-state index contributed by atoms with van der Waals surface area (Å²) >= 11 is 0. The molecule has 0 aromatic carbocycles. The van der Waals surface area contributed by atoms with Crippen molar-refractivity contribution < 1.29 is 28.0 Å². The number of ether oxygens (including phenoxy) is 1. The summed E-state index contributed by atoms with van der Waals surface area (Å²) in [5.74, 6) is -0.292. The Hall–Kier alpha value is -0.420. The Labute approximate surface area is 146 Å².